The molecule has 6 heteroatoms. The summed E-state index contributed by atoms with van der Waals surface area (Å²) in [4.78, 5) is 23.3. The number of hydrogen-bond donors (Lipinski definition) is 1. The first-order valence-corrected chi connectivity index (χ1v) is 7.56. The minimum absolute atomic E-state index is 0.131. The normalized spacial score (nSPS) is 20.0. The lowest BCUT2D eigenvalue weighted by atomic mass is 9.90. The van der Waals surface area contributed by atoms with E-state index in [0.717, 1.165) is 10.2 Å². The molecule has 0 saturated carbocycles. The van der Waals surface area contributed by atoms with Gasteiger partial charge in [0.2, 0.25) is 5.91 Å². The van der Waals surface area contributed by atoms with Crippen molar-refractivity contribution in [1.82, 2.24) is 5.32 Å². The van der Waals surface area contributed by atoms with Gasteiger partial charge in [0.25, 0.3) is 0 Å². The zero-order valence-electron chi connectivity index (χ0n) is 12.0. The van der Waals surface area contributed by atoms with E-state index < -0.39 is 11.5 Å². The van der Waals surface area contributed by atoms with Crippen LogP contribution in [-0.4, -0.2) is 30.6 Å². The molecule has 1 aliphatic rings. The summed E-state index contributed by atoms with van der Waals surface area (Å²) in [5, 5.41) is 2.78. The van der Waals surface area contributed by atoms with Crippen LogP contribution in [0.25, 0.3) is 0 Å². The summed E-state index contributed by atoms with van der Waals surface area (Å²) < 4.78 is 11.6. The average Bonchev–Trinajstić information content (AvgIpc) is 2.69. The van der Waals surface area contributed by atoms with E-state index in [1.54, 1.807) is 13.8 Å². The van der Waals surface area contributed by atoms with Crippen molar-refractivity contribution in [2.45, 2.75) is 25.9 Å². The fourth-order valence-electron chi connectivity index (χ4n) is 2.22. The van der Waals surface area contributed by atoms with E-state index in [2.05, 4.69) is 21.2 Å². The van der Waals surface area contributed by atoms with Crippen LogP contribution in [-0.2, 0) is 14.3 Å². The number of carbonyl (C=O) groups excluding carboxylic acids is 2. The molecule has 1 heterocycles. The molecule has 1 aromatic carbocycles. The number of amides is 1. The molecule has 2 rings (SSSR count). The molecule has 1 atom stereocenters. The summed E-state index contributed by atoms with van der Waals surface area (Å²) in [7, 11) is 0. The number of rotatable bonds is 5. The third-order valence-electron chi connectivity index (χ3n) is 3.39. The predicted octanol–water partition coefficient (Wildman–Crippen LogP) is 2.29. The monoisotopic (exact) mass is 355 g/mol. The average molecular weight is 356 g/mol. The standard InChI is InChI=1S/C15H18BrNO4/c1-15(2)12(9-13(18)21-15)14(19)17-7-8-20-11-5-3-10(16)4-6-11/h3-6,12H,7-9H2,1-2H3,(H,17,19)/t12-/m1/s1. The minimum Gasteiger partial charge on any atom is -0.492 e. The highest BCUT2D eigenvalue weighted by atomic mass is 79.9. The molecule has 0 spiro atoms. The molecule has 1 fully saturated rings. The van der Waals surface area contributed by atoms with Crippen molar-refractivity contribution >= 4 is 27.8 Å². The van der Waals surface area contributed by atoms with E-state index in [-0.39, 0.29) is 18.3 Å². The maximum Gasteiger partial charge on any atom is 0.307 e. The van der Waals surface area contributed by atoms with Crippen molar-refractivity contribution in [3.8, 4) is 5.75 Å². The first-order chi connectivity index (χ1) is 9.88. The zero-order chi connectivity index (χ0) is 15.5. The van der Waals surface area contributed by atoms with E-state index >= 15 is 0 Å². The molecule has 5 nitrogen and oxygen atoms in total. The quantitative estimate of drug-likeness (QED) is 0.650. The van der Waals surface area contributed by atoms with Gasteiger partial charge in [-0.2, -0.15) is 0 Å². The molecule has 0 bridgehead atoms. The van der Waals surface area contributed by atoms with Gasteiger partial charge in [-0.15, -0.1) is 0 Å². The molecule has 1 N–H and O–H groups in total. The second kappa shape index (κ2) is 6.47. The number of cyclic esters (lactones) is 1. The van der Waals surface area contributed by atoms with Gasteiger partial charge in [-0.3, -0.25) is 9.59 Å². The fraction of sp³-hybridized carbons (Fsp3) is 0.467. The Morgan fingerprint density at radius 3 is 2.67 bits per heavy atom. The lowest BCUT2D eigenvalue weighted by molar-refractivity contribution is -0.147. The number of hydrogen-bond acceptors (Lipinski definition) is 4. The number of nitrogens with one attached hydrogen (secondary N) is 1. The highest BCUT2D eigenvalue weighted by molar-refractivity contribution is 9.10. The van der Waals surface area contributed by atoms with Crippen LogP contribution in [0.3, 0.4) is 0 Å². The Morgan fingerprint density at radius 1 is 1.43 bits per heavy atom. The van der Waals surface area contributed by atoms with Crippen LogP contribution in [0.4, 0.5) is 0 Å². The van der Waals surface area contributed by atoms with Crippen molar-refractivity contribution in [1.29, 1.82) is 0 Å². The van der Waals surface area contributed by atoms with Crippen LogP contribution in [0.5, 0.6) is 5.75 Å². The van der Waals surface area contributed by atoms with Crippen molar-refractivity contribution < 1.29 is 19.1 Å². The van der Waals surface area contributed by atoms with Crippen LogP contribution in [0, 0.1) is 5.92 Å². The van der Waals surface area contributed by atoms with E-state index in [9.17, 15) is 9.59 Å². The van der Waals surface area contributed by atoms with Gasteiger partial charge in [-0.05, 0) is 38.1 Å². The Morgan fingerprint density at radius 2 is 2.10 bits per heavy atom. The summed E-state index contributed by atoms with van der Waals surface area (Å²) in [5.74, 6) is -0.207. The molecular formula is C15H18BrNO4. The Bertz CT molecular complexity index is 527. The van der Waals surface area contributed by atoms with Gasteiger partial charge in [0.15, 0.2) is 0 Å². The van der Waals surface area contributed by atoms with Gasteiger partial charge in [0.1, 0.15) is 18.0 Å². The predicted molar refractivity (Wildman–Crippen MR) is 80.9 cm³/mol. The summed E-state index contributed by atoms with van der Waals surface area (Å²) in [5.41, 5.74) is -0.742. The highest BCUT2D eigenvalue weighted by Crippen LogP contribution is 2.32. The molecule has 1 aromatic rings. The molecule has 0 unspecified atom stereocenters. The Labute approximate surface area is 132 Å². The molecule has 21 heavy (non-hydrogen) atoms. The molecule has 1 saturated heterocycles. The number of ether oxygens (including phenoxy) is 2. The molecule has 1 amide bonds. The number of carbonyl (C=O) groups is 2. The zero-order valence-corrected chi connectivity index (χ0v) is 13.6. The molecule has 0 radical (unpaired) electrons. The fourth-order valence-corrected chi connectivity index (χ4v) is 2.49. The molecule has 0 aliphatic carbocycles. The Balaban J connectivity index is 1.75. The topological polar surface area (TPSA) is 64.6 Å². The lowest BCUT2D eigenvalue weighted by Crippen LogP contribution is -2.41. The van der Waals surface area contributed by atoms with Crippen LogP contribution in [0.2, 0.25) is 0 Å². The van der Waals surface area contributed by atoms with Crippen molar-refractivity contribution in [2.24, 2.45) is 5.92 Å². The first kappa shape index (κ1) is 15.8. The van der Waals surface area contributed by atoms with Crippen LogP contribution < -0.4 is 10.1 Å². The lowest BCUT2D eigenvalue weighted by Gasteiger charge is -2.23. The minimum atomic E-state index is -0.742. The highest BCUT2D eigenvalue weighted by Gasteiger charge is 2.45. The van der Waals surface area contributed by atoms with Gasteiger partial charge in [0, 0.05) is 4.47 Å². The van der Waals surface area contributed by atoms with Crippen LogP contribution >= 0.6 is 15.9 Å². The van der Waals surface area contributed by atoms with E-state index in [1.807, 2.05) is 24.3 Å². The molecular weight excluding hydrogens is 338 g/mol. The third-order valence-corrected chi connectivity index (χ3v) is 3.92. The van der Waals surface area contributed by atoms with Gasteiger partial charge in [0.05, 0.1) is 18.9 Å². The second-order valence-corrected chi connectivity index (χ2v) is 6.34. The molecule has 114 valence electrons. The number of esters is 1. The van der Waals surface area contributed by atoms with Gasteiger partial charge in [-0.1, -0.05) is 15.9 Å². The van der Waals surface area contributed by atoms with E-state index in [4.69, 9.17) is 9.47 Å². The van der Waals surface area contributed by atoms with Crippen molar-refractivity contribution in [3.05, 3.63) is 28.7 Å². The smallest absolute Gasteiger partial charge is 0.307 e. The summed E-state index contributed by atoms with van der Waals surface area (Å²) in [6.07, 6.45) is 0.131. The third kappa shape index (κ3) is 4.20. The molecule has 1 aliphatic heterocycles. The van der Waals surface area contributed by atoms with Gasteiger partial charge < -0.3 is 14.8 Å². The number of halogens is 1. The SMILES string of the molecule is CC1(C)OC(=O)C[C@@H]1C(=O)NCCOc1ccc(Br)cc1. The maximum absolute atomic E-state index is 12.1. The molecule has 0 aromatic heterocycles. The van der Waals surface area contributed by atoms with Gasteiger partial charge >= 0.3 is 5.97 Å². The first-order valence-electron chi connectivity index (χ1n) is 6.76. The summed E-state index contributed by atoms with van der Waals surface area (Å²) in [6.45, 7) is 4.26. The van der Waals surface area contributed by atoms with Crippen LogP contribution in [0.15, 0.2) is 28.7 Å². The number of benzene rings is 1. The largest absolute Gasteiger partial charge is 0.492 e. The van der Waals surface area contributed by atoms with E-state index in [0.29, 0.717) is 13.2 Å². The van der Waals surface area contributed by atoms with Crippen LogP contribution in [0.1, 0.15) is 20.3 Å². The summed E-state index contributed by atoms with van der Waals surface area (Å²) in [6, 6.07) is 7.47. The van der Waals surface area contributed by atoms with Crippen molar-refractivity contribution in [3.63, 3.8) is 0 Å². The Kier molecular flexibility index (Phi) is 4.88. The maximum atomic E-state index is 12.1. The second-order valence-electron chi connectivity index (χ2n) is 5.43. The Hall–Kier alpha value is -1.56. The van der Waals surface area contributed by atoms with E-state index in [1.165, 1.54) is 0 Å². The van der Waals surface area contributed by atoms with Gasteiger partial charge in [-0.25, -0.2) is 0 Å². The summed E-state index contributed by atoms with van der Waals surface area (Å²) >= 11 is 3.35. The van der Waals surface area contributed by atoms with Crippen molar-refractivity contribution in [2.75, 3.05) is 13.2 Å².